The molecule has 0 radical (unpaired) electrons. The Morgan fingerprint density at radius 1 is 1.13 bits per heavy atom. The predicted octanol–water partition coefficient (Wildman–Crippen LogP) is 3.73. The number of ether oxygens (including phenoxy) is 1. The maximum atomic E-state index is 12.0. The number of amides is 1. The van der Waals surface area contributed by atoms with Gasteiger partial charge in [-0.05, 0) is 48.4 Å². The fourth-order valence-electron chi connectivity index (χ4n) is 1.95. The summed E-state index contributed by atoms with van der Waals surface area (Å²) in [6.07, 6.45) is 0.825. The highest BCUT2D eigenvalue weighted by Gasteiger charge is 2.06. The van der Waals surface area contributed by atoms with E-state index in [-0.39, 0.29) is 18.1 Å². The summed E-state index contributed by atoms with van der Waals surface area (Å²) in [5, 5.41) is 11.4. The summed E-state index contributed by atoms with van der Waals surface area (Å²) in [6.45, 7) is -2.87. The van der Waals surface area contributed by atoms with Crippen LogP contribution in [0, 0.1) is 11.3 Å². The van der Waals surface area contributed by atoms with E-state index in [1.165, 1.54) is 24.3 Å². The lowest BCUT2D eigenvalue weighted by Crippen LogP contribution is -2.12. The minimum Gasteiger partial charge on any atom is -0.435 e. The molecule has 0 aliphatic heterocycles. The van der Waals surface area contributed by atoms with E-state index in [2.05, 4.69) is 10.1 Å². The molecule has 0 atom stereocenters. The van der Waals surface area contributed by atoms with Crippen molar-refractivity contribution in [1.82, 2.24) is 0 Å². The van der Waals surface area contributed by atoms with E-state index < -0.39 is 6.61 Å². The van der Waals surface area contributed by atoms with Gasteiger partial charge in [-0.1, -0.05) is 12.1 Å². The minimum atomic E-state index is -2.87. The highest BCUT2D eigenvalue weighted by atomic mass is 19.3. The number of alkyl halides is 2. The third-order valence-electron chi connectivity index (χ3n) is 3.09. The maximum absolute atomic E-state index is 12.0. The van der Waals surface area contributed by atoms with Crippen molar-refractivity contribution in [3.63, 3.8) is 0 Å². The highest BCUT2D eigenvalue weighted by molar-refractivity contribution is 5.90. The average molecular weight is 316 g/mol. The number of hydrogen-bond donors (Lipinski definition) is 1. The Bertz CT molecular complexity index is 692. The zero-order valence-corrected chi connectivity index (χ0v) is 12.1. The van der Waals surface area contributed by atoms with Gasteiger partial charge in [-0.3, -0.25) is 4.79 Å². The van der Waals surface area contributed by atoms with E-state index in [0.717, 1.165) is 5.56 Å². The molecule has 0 aliphatic rings. The zero-order chi connectivity index (χ0) is 16.7. The lowest BCUT2D eigenvalue weighted by Gasteiger charge is -2.07. The van der Waals surface area contributed by atoms with Crippen molar-refractivity contribution < 1.29 is 18.3 Å². The Labute approximate surface area is 132 Å². The number of aryl methyl sites for hydroxylation is 1. The number of nitriles is 1. The van der Waals surface area contributed by atoms with Gasteiger partial charge in [0.15, 0.2) is 0 Å². The van der Waals surface area contributed by atoms with Crippen molar-refractivity contribution in [3.05, 3.63) is 59.7 Å². The molecule has 2 rings (SSSR count). The first kappa shape index (κ1) is 16.4. The van der Waals surface area contributed by atoms with Crippen molar-refractivity contribution in [3.8, 4) is 11.8 Å². The molecule has 0 bridgehead atoms. The molecule has 1 N–H and O–H groups in total. The Morgan fingerprint density at radius 2 is 1.78 bits per heavy atom. The number of nitrogens with one attached hydrogen (secondary N) is 1. The SMILES string of the molecule is N#Cc1ccc(CCC(=O)Nc2ccc(OC(F)F)cc2)cc1. The molecule has 1 amide bonds. The van der Waals surface area contributed by atoms with E-state index in [1.54, 1.807) is 12.1 Å². The molecule has 0 aliphatic carbocycles. The van der Waals surface area contributed by atoms with Crippen LogP contribution in [0.25, 0.3) is 0 Å². The van der Waals surface area contributed by atoms with Crippen molar-refractivity contribution >= 4 is 11.6 Å². The van der Waals surface area contributed by atoms with E-state index in [0.29, 0.717) is 17.7 Å². The highest BCUT2D eigenvalue weighted by Crippen LogP contribution is 2.18. The second-order valence-electron chi connectivity index (χ2n) is 4.76. The Morgan fingerprint density at radius 3 is 2.35 bits per heavy atom. The smallest absolute Gasteiger partial charge is 0.387 e. The van der Waals surface area contributed by atoms with Crippen molar-refractivity contribution in [2.45, 2.75) is 19.5 Å². The lowest BCUT2D eigenvalue weighted by atomic mass is 10.1. The van der Waals surface area contributed by atoms with Crippen molar-refractivity contribution in [2.24, 2.45) is 0 Å². The number of carbonyl (C=O) groups excluding carboxylic acids is 1. The first-order valence-corrected chi connectivity index (χ1v) is 6.90. The molecular formula is C17H14F2N2O2. The Kier molecular flexibility index (Phi) is 5.64. The topological polar surface area (TPSA) is 62.1 Å². The number of benzene rings is 2. The van der Waals surface area contributed by atoms with Gasteiger partial charge in [-0.15, -0.1) is 0 Å². The second-order valence-corrected chi connectivity index (χ2v) is 4.76. The maximum Gasteiger partial charge on any atom is 0.387 e. The molecule has 2 aromatic carbocycles. The van der Waals surface area contributed by atoms with Crippen LogP contribution >= 0.6 is 0 Å². The molecule has 0 heterocycles. The third kappa shape index (κ3) is 5.40. The van der Waals surface area contributed by atoms with Crippen LogP contribution in [0.1, 0.15) is 17.5 Å². The van der Waals surface area contributed by atoms with Crippen LogP contribution in [0.15, 0.2) is 48.5 Å². The van der Waals surface area contributed by atoms with Crippen molar-refractivity contribution in [1.29, 1.82) is 5.26 Å². The summed E-state index contributed by atoms with van der Waals surface area (Å²) >= 11 is 0. The Balaban J connectivity index is 1.83. The minimum absolute atomic E-state index is 0.0376. The number of anilines is 1. The quantitative estimate of drug-likeness (QED) is 0.883. The molecule has 0 unspecified atom stereocenters. The molecule has 0 fully saturated rings. The fraction of sp³-hybridized carbons (Fsp3) is 0.176. The third-order valence-corrected chi connectivity index (χ3v) is 3.09. The van der Waals surface area contributed by atoms with Gasteiger partial charge in [0.1, 0.15) is 5.75 Å². The van der Waals surface area contributed by atoms with Gasteiger partial charge in [-0.2, -0.15) is 14.0 Å². The monoisotopic (exact) mass is 316 g/mol. The fourth-order valence-corrected chi connectivity index (χ4v) is 1.95. The summed E-state index contributed by atoms with van der Waals surface area (Å²) in [5.74, 6) is -0.146. The molecule has 2 aromatic rings. The molecule has 118 valence electrons. The van der Waals surface area contributed by atoms with Crippen molar-refractivity contribution in [2.75, 3.05) is 5.32 Å². The summed E-state index contributed by atoms with van der Waals surface area (Å²) < 4.78 is 28.3. The molecule has 0 spiro atoms. The summed E-state index contributed by atoms with van der Waals surface area (Å²) in [4.78, 5) is 11.9. The molecule has 0 saturated carbocycles. The van der Waals surface area contributed by atoms with Gasteiger partial charge in [0.2, 0.25) is 5.91 Å². The number of hydrogen-bond acceptors (Lipinski definition) is 3. The normalized spacial score (nSPS) is 10.2. The van der Waals surface area contributed by atoms with E-state index in [4.69, 9.17) is 5.26 Å². The lowest BCUT2D eigenvalue weighted by molar-refractivity contribution is -0.116. The standard InChI is InChI=1S/C17H14F2N2O2/c18-17(19)23-15-8-6-14(7-9-15)21-16(22)10-5-12-1-3-13(11-20)4-2-12/h1-4,6-9,17H,5,10H2,(H,21,22). The first-order valence-electron chi connectivity index (χ1n) is 6.90. The molecule has 4 nitrogen and oxygen atoms in total. The summed E-state index contributed by atoms with van der Waals surface area (Å²) in [5.41, 5.74) is 2.04. The van der Waals surface area contributed by atoms with Crippen LogP contribution in [0.2, 0.25) is 0 Å². The molecule has 0 aromatic heterocycles. The van der Waals surface area contributed by atoms with Crippen LogP contribution in [0.5, 0.6) is 5.75 Å². The van der Waals surface area contributed by atoms with Crippen LogP contribution in [0.4, 0.5) is 14.5 Å². The molecular weight excluding hydrogens is 302 g/mol. The summed E-state index contributed by atoms with van der Waals surface area (Å²) in [7, 11) is 0. The zero-order valence-electron chi connectivity index (χ0n) is 12.1. The molecule has 6 heteroatoms. The van der Waals surface area contributed by atoms with E-state index in [9.17, 15) is 13.6 Å². The van der Waals surface area contributed by atoms with Crippen LogP contribution in [-0.2, 0) is 11.2 Å². The molecule has 0 saturated heterocycles. The van der Waals surface area contributed by atoms with Gasteiger partial charge >= 0.3 is 6.61 Å². The average Bonchev–Trinajstić information content (AvgIpc) is 2.55. The van der Waals surface area contributed by atoms with Gasteiger partial charge < -0.3 is 10.1 Å². The van der Waals surface area contributed by atoms with Gasteiger partial charge in [0, 0.05) is 12.1 Å². The number of nitrogens with zero attached hydrogens (tertiary/aromatic N) is 1. The van der Waals surface area contributed by atoms with Gasteiger partial charge in [-0.25, -0.2) is 0 Å². The predicted molar refractivity (Wildman–Crippen MR) is 81.2 cm³/mol. The van der Waals surface area contributed by atoms with Gasteiger partial charge in [0.25, 0.3) is 0 Å². The van der Waals surface area contributed by atoms with E-state index in [1.807, 2.05) is 18.2 Å². The second kappa shape index (κ2) is 7.90. The number of carbonyl (C=O) groups is 1. The molecule has 23 heavy (non-hydrogen) atoms. The largest absolute Gasteiger partial charge is 0.435 e. The van der Waals surface area contributed by atoms with Crippen LogP contribution < -0.4 is 10.1 Å². The number of halogens is 2. The number of rotatable bonds is 6. The Hall–Kier alpha value is -2.94. The van der Waals surface area contributed by atoms with Gasteiger partial charge in [0.05, 0.1) is 11.6 Å². The van der Waals surface area contributed by atoms with E-state index >= 15 is 0 Å². The van der Waals surface area contributed by atoms with Crippen LogP contribution in [-0.4, -0.2) is 12.5 Å². The van der Waals surface area contributed by atoms with Crippen LogP contribution in [0.3, 0.4) is 0 Å². The summed E-state index contributed by atoms with van der Waals surface area (Å²) in [6, 6.07) is 14.8. The first-order chi connectivity index (χ1) is 11.1.